The topological polar surface area (TPSA) is 35.9 Å². The first-order valence-electron chi connectivity index (χ1n) is 13.0. The van der Waals surface area contributed by atoms with Crippen molar-refractivity contribution < 1.29 is 9.18 Å². The maximum atomic E-state index is 14.8. The van der Waals surface area contributed by atoms with Crippen molar-refractivity contribution in [3.8, 4) is 0 Å². The Morgan fingerprint density at radius 3 is 2.44 bits per heavy atom. The van der Waals surface area contributed by atoms with Crippen molar-refractivity contribution >= 4 is 11.6 Å². The van der Waals surface area contributed by atoms with E-state index < -0.39 is 6.04 Å². The molecule has 0 aliphatic carbocycles. The van der Waals surface area contributed by atoms with Gasteiger partial charge in [-0.05, 0) is 75.4 Å². The van der Waals surface area contributed by atoms with E-state index in [1.54, 1.807) is 17.1 Å². The second kappa shape index (κ2) is 10.8. The maximum absolute atomic E-state index is 14.8. The number of carbonyl (C=O) groups excluding carboxylic acids is 1. The normalized spacial score (nSPS) is 18.9. The lowest BCUT2D eigenvalue weighted by molar-refractivity contribution is -0.134. The number of rotatable bonds is 6. The molecule has 0 saturated carbocycles. The van der Waals surface area contributed by atoms with Gasteiger partial charge < -0.3 is 0 Å². The van der Waals surface area contributed by atoms with E-state index in [0.29, 0.717) is 24.4 Å². The average Bonchev–Trinajstić information content (AvgIpc) is 3.33. The van der Waals surface area contributed by atoms with E-state index in [1.165, 1.54) is 11.6 Å². The van der Waals surface area contributed by atoms with Crippen molar-refractivity contribution in [1.82, 2.24) is 9.91 Å². The third kappa shape index (κ3) is 5.41. The van der Waals surface area contributed by atoms with Crippen molar-refractivity contribution in [1.29, 1.82) is 0 Å². The number of halogens is 1. The quantitative estimate of drug-likeness (QED) is 0.426. The summed E-state index contributed by atoms with van der Waals surface area (Å²) in [6.45, 7) is 6.22. The average molecular weight is 484 g/mol. The summed E-state index contributed by atoms with van der Waals surface area (Å²) in [5, 5.41) is 6.35. The molecule has 36 heavy (non-hydrogen) atoms. The van der Waals surface area contributed by atoms with Crippen LogP contribution in [0.4, 0.5) is 4.39 Å². The van der Waals surface area contributed by atoms with Crippen LogP contribution in [0.15, 0.2) is 77.9 Å². The number of carbonyl (C=O) groups is 1. The van der Waals surface area contributed by atoms with Crippen LogP contribution in [0.1, 0.15) is 53.1 Å². The third-order valence-electron chi connectivity index (χ3n) is 7.57. The molecule has 5 heteroatoms. The fourth-order valence-corrected chi connectivity index (χ4v) is 5.50. The van der Waals surface area contributed by atoms with Gasteiger partial charge in [0.05, 0.1) is 18.3 Å². The molecule has 1 unspecified atom stereocenters. The standard InChI is InChI=1S/C31H34FN3O/c1-22-12-13-23(2)27(18-22)29-20-30(26-10-6-7-11-28(26)32)35(33-29)31(36)21-34-16-14-25(15-17-34)19-24-8-4-3-5-9-24/h3-13,18,25,30H,14-17,19-21H2,1-2H3. The summed E-state index contributed by atoms with van der Waals surface area (Å²) in [5.74, 6) is 0.287. The zero-order valence-electron chi connectivity index (χ0n) is 21.2. The van der Waals surface area contributed by atoms with Gasteiger partial charge in [0.15, 0.2) is 0 Å². The molecule has 186 valence electrons. The lowest BCUT2D eigenvalue weighted by Crippen LogP contribution is -2.42. The largest absolute Gasteiger partial charge is 0.294 e. The van der Waals surface area contributed by atoms with Crippen molar-refractivity contribution in [2.45, 2.75) is 45.6 Å². The third-order valence-corrected chi connectivity index (χ3v) is 7.57. The fourth-order valence-electron chi connectivity index (χ4n) is 5.50. The van der Waals surface area contributed by atoms with Gasteiger partial charge in [-0.2, -0.15) is 5.10 Å². The molecule has 1 saturated heterocycles. The molecule has 5 rings (SSSR count). The van der Waals surface area contributed by atoms with E-state index >= 15 is 0 Å². The van der Waals surface area contributed by atoms with E-state index in [9.17, 15) is 9.18 Å². The second-order valence-corrected chi connectivity index (χ2v) is 10.3. The predicted octanol–water partition coefficient (Wildman–Crippen LogP) is 6.07. The van der Waals surface area contributed by atoms with Crippen LogP contribution in [-0.2, 0) is 11.2 Å². The summed E-state index contributed by atoms with van der Waals surface area (Å²) in [6.07, 6.45) is 3.76. The van der Waals surface area contributed by atoms with Gasteiger partial charge in [-0.1, -0.05) is 66.2 Å². The lowest BCUT2D eigenvalue weighted by atomic mass is 9.90. The molecule has 2 aliphatic heterocycles. The summed E-state index contributed by atoms with van der Waals surface area (Å²) >= 11 is 0. The Morgan fingerprint density at radius 1 is 0.972 bits per heavy atom. The Morgan fingerprint density at radius 2 is 1.69 bits per heavy atom. The van der Waals surface area contributed by atoms with Crippen LogP contribution in [-0.4, -0.2) is 41.2 Å². The smallest absolute Gasteiger partial charge is 0.257 e. The van der Waals surface area contributed by atoms with Crippen molar-refractivity contribution in [3.63, 3.8) is 0 Å². The lowest BCUT2D eigenvalue weighted by Gasteiger charge is -2.33. The summed E-state index contributed by atoms with van der Waals surface area (Å²) in [7, 11) is 0. The molecule has 0 bridgehead atoms. The number of hydrogen-bond acceptors (Lipinski definition) is 3. The maximum Gasteiger partial charge on any atom is 0.257 e. The molecule has 3 aromatic carbocycles. The molecule has 0 spiro atoms. The van der Waals surface area contributed by atoms with E-state index in [1.807, 2.05) is 6.07 Å². The Labute approximate surface area is 213 Å². The van der Waals surface area contributed by atoms with Crippen molar-refractivity contribution in [3.05, 3.63) is 106 Å². The minimum Gasteiger partial charge on any atom is -0.294 e. The number of piperidine rings is 1. The highest BCUT2D eigenvalue weighted by Gasteiger charge is 2.36. The van der Waals surface area contributed by atoms with E-state index in [-0.39, 0.29) is 11.7 Å². The number of amides is 1. The molecule has 2 heterocycles. The molecule has 1 fully saturated rings. The van der Waals surface area contributed by atoms with Gasteiger partial charge >= 0.3 is 0 Å². The number of hydrogen-bond donors (Lipinski definition) is 0. The fraction of sp³-hybridized carbons (Fsp3) is 0.355. The molecular weight excluding hydrogens is 449 g/mol. The van der Waals surface area contributed by atoms with Gasteiger partial charge in [0.2, 0.25) is 0 Å². The monoisotopic (exact) mass is 483 g/mol. The predicted molar refractivity (Wildman–Crippen MR) is 142 cm³/mol. The Balaban J connectivity index is 1.30. The van der Waals surface area contributed by atoms with Crippen LogP contribution < -0.4 is 0 Å². The molecule has 3 aromatic rings. The molecule has 0 N–H and O–H groups in total. The van der Waals surface area contributed by atoms with Gasteiger partial charge in [-0.3, -0.25) is 9.69 Å². The van der Waals surface area contributed by atoms with E-state index in [0.717, 1.165) is 54.8 Å². The minimum atomic E-state index is -0.427. The molecule has 0 radical (unpaired) electrons. The van der Waals surface area contributed by atoms with Crippen LogP contribution in [0, 0.1) is 25.6 Å². The summed E-state index contributed by atoms with van der Waals surface area (Å²) < 4.78 is 14.8. The molecule has 4 nitrogen and oxygen atoms in total. The van der Waals surface area contributed by atoms with Crippen molar-refractivity contribution in [2.24, 2.45) is 11.0 Å². The number of hydrazone groups is 1. The summed E-state index contributed by atoms with van der Waals surface area (Å²) in [5.41, 5.74) is 6.04. The molecule has 0 aromatic heterocycles. The number of aryl methyl sites for hydroxylation is 2. The van der Waals surface area contributed by atoms with Gasteiger partial charge in [0, 0.05) is 17.5 Å². The van der Waals surface area contributed by atoms with Gasteiger partial charge in [0.25, 0.3) is 5.91 Å². The first kappa shape index (κ1) is 24.4. The number of likely N-dealkylation sites (tertiary alicyclic amines) is 1. The molecule has 1 amide bonds. The van der Waals surface area contributed by atoms with Crippen LogP contribution in [0.3, 0.4) is 0 Å². The zero-order chi connectivity index (χ0) is 25.1. The molecule has 2 aliphatic rings. The highest BCUT2D eigenvalue weighted by molar-refractivity contribution is 6.04. The second-order valence-electron chi connectivity index (χ2n) is 10.3. The SMILES string of the molecule is Cc1ccc(C)c(C2=NN(C(=O)CN3CCC(Cc4ccccc4)CC3)C(c3ccccc3F)C2)c1. The molecular formula is C31H34FN3O. The first-order valence-corrected chi connectivity index (χ1v) is 13.0. The minimum absolute atomic E-state index is 0.0648. The number of benzene rings is 3. The summed E-state index contributed by atoms with van der Waals surface area (Å²) in [6, 6.07) is 23.2. The molecule has 1 atom stereocenters. The van der Waals surface area contributed by atoms with Crippen LogP contribution in [0.2, 0.25) is 0 Å². The van der Waals surface area contributed by atoms with Crippen LogP contribution >= 0.6 is 0 Å². The van der Waals surface area contributed by atoms with Gasteiger partial charge in [-0.25, -0.2) is 9.40 Å². The van der Waals surface area contributed by atoms with Crippen LogP contribution in [0.25, 0.3) is 0 Å². The zero-order valence-corrected chi connectivity index (χ0v) is 21.2. The summed E-state index contributed by atoms with van der Waals surface area (Å²) in [4.78, 5) is 15.8. The Hall–Kier alpha value is -3.31. The Bertz CT molecular complexity index is 1250. The first-order chi connectivity index (χ1) is 17.5. The van der Waals surface area contributed by atoms with Gasteiger partial charge in [-0.15, -0.1) is 0 Å². The highest BCUT2D eigenvalue weighted by atomic mass is 19.1. The van der Waals surface area contributed by atoms with Crippen molar-refractivity contribution in [2.75, 3.05) is 19.6 Å². The van der Waals surface area contributed by atoms with Gasteiger partial charge in [0.1, 0.15) is 5.82 Å². The highest BCUT2D eigenvalue weighted by Crippen LogP contribution is 2.35. The number of nitrogens with zero attached hydrogens (tertiary/aromatic N) is 3. The van der Waals surface area contributed by atoms with Crippen LogP contribution in [0.5, 0.6) is 0 Å². The van der Waals surface area contributed by atoms with E-state index in [4.69, 9.17) is 5.10 Å². The Kier molecular flexibility index (Phi) is 7.28. The van der Waals surface area contributed by atoms with E-state index in [2.05, 4.69) is 67.3 Å².